The summed E-state index contributed by atoms with van der Waals surface area (Å²) in [6.07, 6.45) is 5.13. The lowest BCUT2D eigenvalue weighted by Crippen LogP contribution is -2.42. The summed E-state index contributed by atoms with van der Waals surface area (Å²) in [5.74, 6) is -0.255. The van der Waals surface area contributed by atoms with Gasteiger partial charge >= 0.3 is 0 Å². The molecule has 0 saturated carbocycles. The van der Waals surface area contributed by atoms with Gasteiger partial charge in [0.2, 0.25) is 10.0 Å². The molecule has 1 fully saturated rings. The van der Waals surface area contributed by atoms with Crippen LogP contribution in [0, 0.1) is 0 Å². The first-order valence-corrected chi connectivity index (χ1v) is 9.45. The summed E-state index contributed by atoms with van der Waals surface area (Å²) in [5, 5.41) is 2.87. The van der Waals surface area contributed by atoms with Crippen LogP contribution in [0.15, 0.2) is 17.2 Å². The average molecular weight is 342 g/mol. The minimum atomic E-state index is -3.54. The Bertz CT molecular complexity index is 654. The summed E-state index contributed by atoms with van der Waals surface area (Å²) in [6.45, 7) is 4.67. The number of likely N-dealkylation sites (tertiary alicyclic amines) is 1. The van der Waals surface area contributed by atoms with Crippen LogP contribution in [0.4, 0.5) is 0 Å². The summed E-state index contributed by atoms with van der Waals surface area (Å²) in [4.78, 5) is 14.7. The van der Waals surface area contributed by atoms with Gasteiger partial charge in [0.05, 0.1) is 0 Å². The van der Waals surface area contributed by atoms with Gasteiger partial charge in [-0.15, -0.1) is 0 Å². The first-order valence-electron chi connectivity index (χ1n) is 7.97. The number of hydrogen-bond acceptors (Lipinski definition) is 4. The second kappa shape index (κ2) is 7.46. The third-order valence-corrected chi connectivity index (χ3v) is 5.80. The largest absolute Gasteiger partial charge is 0.349 e. The van der Waals surface area contributed by atoms with Crippen LogP contribution in [0.3, 0.4) is 0 Å². The van der Waals surface area contributed by atoms with Gasteiger partial charge in [-0.2, -0.15) is 0 Å². The smallest absolute Gasteiger partial charge is 0.267 e. The molecule has 8 heteroatoms. The molecule has 1 aliphatic rings. The lowest BCUT2D eigenvalue weighted by atomic mass is 10.0. The Labute approximate surface area is 138 Å². The van der Waals surface area contributed by atoms with Crippen molar-refractivity contribution < 1.29 is 13.2 Å². The topological polar surface area (TPSA) is 83.4 Å². The van der Waals surface area contributed by atoms with Crippen LogP contribution in [0.2, 0.25) is 0 Å². The molecule has 7 nitrogen and oxygen atoms in total. The van der Waals surface area contributed by atoms with Crippen LogP contribution in [0.25, 0.3) is 0 Å². The van der Waals surface area contributed by atoms with E-state index in [4.69, 9.17) is 0 Å². The molecule has 0 bridgehead atoms. The maximum absolute atomic E-state index is 12.3. The Kier molecular flexibility index (Phi) is 5.83. The van der Waals surface area contributed by atoms with Crippen molar-refractivity contribution in [3.8, 4) is 0 Å². The number of aromatic nitrogens is 1. The first kappa shape index (κ1) is 18.0. The van der Waals surface area contributed by atoms with Gasteiger partial charge in [0.15, 0.2) is 0 Å². The molecule has 2 rings (SSSR count). The van der Waals surface area contributed by atoms with Gasteiger partial charge in [-0.05, 0) is 39.4 Å². The number of amides is 1. The van der Waals surface area contributed by atoms with E-state index in [-0.39, 0.29) is 10.8 Å². The summed E-state index contributed by atoms with van der Waals surface area (Å²) >= 11 is 0. The van der Waals surface area contributed by atoms with Crippen LogP contribution in [0.1, 0.15) is 36.7 Å². The van der Waals surface area contributed by atoms with Gasteiger partial charge in [0.25, 0.3) is 5.91 Å². The minimum Gasteiger partial charge on any atom is -0.349 e. The van der Waals surface area contributed by atoms with E-state index < -0.39 is 10.0 Å². The van der Waals surface area contributed by atoms with Gasteiger partial charge in [0, 0.05) is 32.4 Å². The monoisotopic (exact) mass is 342 g/mol. The van der Waals surface area contributed by atoms with Crippen LogP contribution in [-0.2, 0) is 17.1 Å². The van der Waals surface area contributed by atoms with Crippen molar-refractivity contribution in [3.05, 3.63) is 18.0 Å². The second-order valence-corrected chi connectivity index (χ2v) is 7.90. The normalized spacial score (nSPS) is 19.7. The zero-order valence-electron chi connectivity index (χ0n) is 14.0. The Morgan fingerprint density at radius 3 is 2.78 bits per heavy atom. The summed E-state index contributed by atoms with van der Waals surface area (Å²) in [6, 6.07) is 1.95. The van der Waals surface area contributed by atoms with Crippen molar-refractivity contribution in [1.29, 1.82) is 0 Å². The quantitative estimate of drug-likeness (QED) is 0.790. The predicted molar refractivity (Wildman–Crippen MR) is 88.9 cm³/mol. The molecule has 1 amide bonds. The Morgan fingerprint density at radius 2 is 2.13 bits per heavy atom. The highest BCUT2D eigenvalue weighted by Gasteiger charge is 2.20. The maximum Gasteiger partial charge on any atom is 0.267 e. The van der Waals surface area contributed by atoms with Crippen molar-refractivity contribution in [1.82, 2.24) is 19.5 Å². The van der Waals surface area contributed by atoms with Crippen molar-refractivity contribution in [2.24, 2.45) is 7.05 Å². The molecule has 0 unspecified atom stereocenters. The highest BCUT2D eigenvalue weighted by Crippen LogP contribution is 2.15. The molecule has 0 aromatic carbocycles. The van der Waals surface area contributed by atoms with Crippen LogP contribution in [0.5, 0.6) is 0 Å². The Balaban J connectivity index is 1.93. The standard InChI is InChI=1S/C15H26N4O3S/c1-12-6-4-5-8-19(12)9-7-17-15(20)14-10-13(11-18(14)3)23(21,22)16-2/h10-12,16H,4-9H2,1-3H3,(H,17,20)/t12-/m1/s1. The van der Waals surface area contributed by atoms with Crippen LogP contribution < -0.4 is 10.0 Å². The maximum atomic E-state index is 12.3. The minimum absolute atomic E-state index is 0.0947. The molecule has 2 heterocycles. The molecular weight excluding hydrogens is 316 g/mol. The van der Waals surface area contributed by atoms with Gasteiger partial charge < -0.3 is 9.88 Å². The predicted octanol–water partition coefficient (Wildman–Crippen LogP) is 0.537. The molecule has 1 aromatic rings. The number of aryl methyl sites for hydroxylation is 1. The fourth-order valence-electron chi connectivity index (χ4n) is 2.92. The van der Waals surface area contributed by atoms with Crippen LogP contribution in [-0.4, -0.2) is 56.5 Å². The molecule has 1 atom stereocenters. The third kappa shape index (κ3) is 4.33. The van der Waals surface area contributed by atoms with Gasteiger partial charge in [0.1, 0.15) is 10.6 Å². The molecule has 1 aromatic heterocycles. The fraction of sp³-hybridized carbons (Fsp3) is 0.667. The van der Waals surface area contributed by atoms with E-state index in [2.05, 4.69) is 21.9 Å². The van der Waals surface area contributed by atoms with Crippen molar-refractivity contribution in [3.63, 3.8) is 0 Å². The molecule has 0 radical (unpaired) electrons. The molecule has 0 spiro atoms. The third-order valence-electron chi connectivity index (χ3n) is 4.42. The van der Waals surface area contributed by atoms with Crippen LogP contribution >= 0.6 is 0 Å². The van der Waals surface area contributed by atoms with Crippen molar-refractivity contribution in [2.75, 3.05) is 26.7 Å². The molecule has 1 saturated heterocycles. The lowest BCUT2D eigenvalue weighted by Gasteiger charge is -2.33. The van der Waals surface area contributed by atoms with E-state index >= 15 is 0 Å². The van der Waals surface area contributed by atoms with E-state index in [1.165, 1.54) is 43.1 Å². The number of nitrogens with one attached hydrogen (secondary N) is 2. The number of nitrogens with zero attached hydrogens (tertiary/aromatic N) is 2. The summed E-state index contributed by atoms with van der Waals surface area (Å²) in [7, 11) is -0.525. The Morgan fingerprint density at radius 1 is 1.39 bits per heavy atom. The summed E-state index contributed by atoms with van der Waals surface area (Å²) < 4.78 is 27.3. The molecule has 1 aliphatic heterocycles. The number of sulfonamides is 1. The zero-order valence-corrected chi connectivity index (χ0v) is 14.8. The van der Waals surface area contributed by atoms with E-state index in [1.807, 2.05) is 0 Å². The van der Waals surface area contributed by atoms with E-state index in [9.17, 15) is 13.2 Å². The number of piperidine rings is 1. The average Bonchev–Trinajstić information content (AvgIpc) is 2.92. The van der Waals surface area contributed by atoms with Gasteiger partial charge in [-0.1, -0.05) is 6.42 Å². The highest BCUT2D eigenvalue weighted by atomic mass is 32.2. The number of hydrogen-bond donors (Lipinski definition) is 2. The second-order valence-electron chi connectivity index (χ2n) is 6.02. The molecule has 23 heavy (non-hydrogen) atoms. The van der Waals surface area contributed by atoms with Crippen molar-refractivity contribution >= 4 is 15.9 Å². The van der Waals surface area contributed by atoms with E-state index in [0.717, 1.165) is 13.1 Å². The lowest BCUT2D eigenvalue weighted by molar-refractivity contribution is 0.0930. The van der Waals surface area contributed by atoms with Gasteiger partial charge in [-0.3, -0.25) is 9.69 Å². The molecular formula is C15H26N4O3S. The first-order chi connectivity index (χ1) is 10.8. The zero-order chi connectivity index (χ0) is 17.0. The molecule has 130 valence electrons. The van der Waals surface area contributed by atoms with Crippen molar-refractivity contribution in [2.45, 2.75) is 37.1 Å². The number of carbonyl (C=O) groups excluding carboxylic acids is 1. The SMILES string of the molecule is CNS(=O)(=O)c1cc(C(=O)NCCN2CCCC[C@H]2C)n(C)c1. The summed E-state index contributed by atoms with van der Waals surface area (Å²) in [5.41, 5.74) is 0.338. The molecule has 0 aliphatic carbocycles. The highest BCUT2D eigenvalue weighted by molar-refractivity contribution is 7.89. The number of carbonyl (C=O) groups is 1. The van der Waals surface area contributed by atoms with E-state index in [1.54, 1.807) is 7.05 Å². The fourth-order valence-corrected chi connectivity index (χ4v) is 3.72. The molecule has 2 N–H and O–H groups in total. The number of rotatable bonds is 6. The van der Waals surface area contributed by atoms with E-state index in [0.29, 0.717) is 18.3 Å². The van der Waals surface area contributed by atoms with Gasteiger partial charge in [-0.25, -0.2) is 13.1 Å². The Hall–Kier alpha value is -1.38.